The number of nitrogens with one attached hydrogen (secondary N) is 2. The van der Waals surface area contributed by atoms with Gasteiger partial charge in [-0.3, -0.25) is 4.79 Å². The maximum Gasteiger partial charge on any atom is 0.477 e. The third-order valence-corrected chi connectivity index (χ3v) is 4.08. The molecule has 1 aliphatic rings. The van der Waals surface area contributed by atoms with Gasteiger partial charge in [0.25, 0.3) is 12.6 Å². The fraction of sp³-hybridized carbons (Fsp3) is 0.579. The molecule has 0 unspecified atom stereocenters. The van der Waals surface area contributed by atoms with E-state index in [1.54, 1.807) is 39.1 Å². The Morgan fingerprint density at radius 2 is 1.97 bits per heavy atom. The van der Waals surface area contributed by atoms with Crippen LogP contribution in [0.15, 0.2) is 24.5 Å². The maximum absolute atomic E-state index is 12.3. The minimum atomic E-state index is -1.04. The molecule has 170 valence electrons. The molecule has 0 bridgehead atoms. The number of esters is 1. The van der Waals surface area contributed by atoms with Crippen molar-refractivity contribution in [1.29, 1.82) is 0 Å². The molecule has 12 nitrogen and oxygen atoms in total. The third-order valence-electron chi connectivity index (χ3n) is 4.08. The molecule has 2 N–H and O–H groups in total. The van der Waals surface area contributed by atoms with Gasteiger partial charge in [0.15, 0.2) is 26.1 Å². The van der Waals surface area contributed by atoms with Crippen molar-refractivity contribution in [2.75, 3.05) is 20.3 Å². The zero-order valence-corrected chi connectivity index (χ0v) is 18.0. The van der Waals surface area contributed by atoms with Gasteiger partial charge in [-0.05, 0) is 39.7 Å². The van der Waals surface area contributed by atoms with E-state index in [1.807, 2.05) is 0 Å². The molecule has 2 amide bonds. The molecule has 1 heterocycles. The van der Waals surface area contributed by atoms with Crippen LogP contribution in [0.1, 0.15) is 44.0 Å². The van der Waals surface area contributed by atoms with Gasteiger partial charge < -0.3 is 20.1 Å². The molecule has 12 heteroatoms. The average Bonchev–Trinajstić information content (AvgIpc) is 3.49. The highest BCUT2D eigenvalue weighted by atomic mass is 17.0. The first-order valence-corrected chi connectivity index (χ1v) is 9.65. The number of carbonyl (C=O) groups excluding carboxylic acids is 3. The Hall–Kier alpha value is -3.44. The van der Waals surface area contributed by atoms with Crippen LogP contribution >= 0.6 is 0 Å². The molecule has 1 aromatic rings. The van der Waals surface area contributed by atoms with E-state index in [1.165, 1.54) is 10.8 Å². The molecular formula is C19H28N4O8+2. The Kier molecular flexibility index (Phi) is 7.72. The van der Waals surface area contributed by atoms with Crippen molar-refractivity contribution in [1.82, 2.24) is 10.6 Å². The van der Waals surface area contributed by atoms with Crippen molar-refractivity contribution in [3.8, 4) is 0 Å². The lowest BCUT2D eigenvalue weighted by atomic mass is 10.2. The molecule has 0 spiro atoms. The second-order valence-corrected chi connectivity index (χ2v) is 7.87. The van der Waals surface area contributed by atoms with Crippen molar-refractivity contribution in [3.63, 3.8) is 0 Å². The first kappa shape index (κ1) is 23.8. The predicted octanol–water partition coefficient (Wildman–Crippen LogP) is 0.534. The Morgan fingerprint density at radius 3 is 2.58 bits per heavy atom. The number of nitrogens with zero attached hydrogens (tertiary/aromatic N) is 2. The fourth-order valence-electron chi connectivity index (χ4n) is 2.42. The first-order chi connectivity index (χ1) is 14.5. The van der Waals surface area contributed by atoms with Gasteiger partial charge in [0.05, 0.1) is 6.54 Å². The van der Waals surface area contributed by atoms with E-state index in [4.69, 9.17) is 9.47 Å². The summed E-state index contributed by atoms with van der Waals surface area (Å²) in [5.74, 6) is -0.892. The summed E-state index contributed by atoms with van der Waals surface area (Å²) >= 11 is 0. The Morgan fingerprint density at radius 1 is 1.26 bits per heavy atom. The van der Waals surface area contributed by atoms with E-state index in [0.717, 1.165) is 7.11 Å². The Labute approximate surface area is 179 Å². The Bertz CT molecular complexity index is 832. The van der Waals surface area contributed by atoms with Crippen molar-refractivity contribution in [2.45, 2.75) is 51.5 Å². The molecule has 31 heavy (non-hydrogen) atoms. The summed E-state index contributed by atoms with van der Waals surface area (Å²) in [5, 5.41) is 5.06. The first-order valence-electron chi connectivity index (χ1n) is 9.65. The van der Waals surface area contributed by atoms with E-state index >= 15 is 0 Å². The van der Waals surface area contributed by atoms with Crippen LogP contribution in [-0.2, 0) is 30.7 Å². The number of alkyl carbamates (subject to hydrolysis) is 1. The van der Waals surface area contributed by atoms with Crippen molar-refractivity contribution in [2.24, 2.45) is 0 Å². The maximum atomic E-state index is 12.3. The van der Waals surface area contributed by atoms with E-state index in [9.17, 15) is 19.3 Å². The molecule has 0 radical (unpaired) electrons. The third kappa shape index (κ3) is 7.72. The van der Waals surface area contributed by atoms with Gasteiger partial charge in [-0.25, -0.2) is 9.59 Å². The van der Waals surface area contributed by atoms with Crippen LogP contribution in [0.5, 0.6) is 0 Å². The molecule has 0 atom stereocenters. The molecular weight excluding hydrogens is 412 g/mol. The van der Waals surface area contributed by atoms with Crippen LogP contribution in [-0.4, -0.2) is 54.5 Å². The lowest BCUT2D eigenvalue weighted by Gasteiger charge is -2.24. The molecule has 2 rings (SSSR count). The van der Waals surface area contributed by atoms with E-state index < -0.39 is 29.1 Å². The number of hydrogen-bond donors (Lipinski definition) is 2. The minimum Gasteiger partial charge on any atom is -0.458 e. The molecule has 1 aliphatic carbocycles. The summed E-state index contributed by atoms with van der Waals surface area (Å²) < 4.78 is 12.0. The normalized spacial score (nSPS) is 14.1. The van der Waals surface area contributed by atoms with Gasteiger partial charge in [-0.2, -0.15) is 14.2 Å². The summed E-state index contributed by atoms with van der Waals surface area (Å²) in [6.07, 6.45) is 3.31. The van der Waals surface area contributed by atoms with E-state index in [-0.39, 0.29) is 25.0 Å². The molecule has 1 saturated carbocycles. The quantitative estimate of drug-likeness (QED) is 0.233. The molecule has 0 aromatic carbocycles. The number of ether oxygens (including phenoxy) is 2. The zero-order chi connectivity index (χ0) is 23.1. The highest BCUT2D eigenvalue weighted by Crippen LogP contribution is 2.37. The largest absolute Gasteiger partial charge is 0.477 e. The molecule has 0 aliphatic heterocycles. The highest BCUT2D eigenvalue weighted by Gasteiger charge is 2.54. The summed E-state index contributed by atoms with van der Waals surface area (Å²) in [6, 6.07) is 3.18. The SMILES string of the molecule is CO[N+](=O)OCCNC(=O)c1ccc[n+](COC(=O)NC2(C(=O)OC(C)(C)C)CC2)c1. The van der Waals surface area contributed by atoms with Crippen molar-refractivity contribution < 1.29 is 43.2 Å². The van der Waals surface area contributed by atoms with Gasteiger partial charge in [0, 0.05) is 6.07 Å². The van der Waals surface area contributed by atoms with Crippen LogP contribution in [0.2, 0.25) is 0 Å². The van der Waals surface area contributed by atoms with E-state index in [0.29, 0.717) is 18.4 Å². The predicted molar refractivity (Wildman–Crippen MR) is 103 cm³/mol. The monoisotopic (exact) mass is 440 g/mol. The van der Waals surface area contributed by atoms with Crippen molar-refractivity contribution >= 4 is 18.0 Å². The molecule has 1 fully saturated rings. The summed E-state index contributed by atoms with van der Waals surface area (Å²) in [7, 11) is 1.15. The minimum absolute atomic E-state index is 0.0698. The zero-order valence-electron chi connectivity index (χ0n) is 18.0. The van der Waals surface area contributed by atoms with Gasteiger partial charge >= 0.3 is 17.1 Å². The van der Waals surface area contributed by atoms with Crippen LogP contribution in [0.3, 0.4) is 0 Å². The number of hydrogen-bond acceptors (Lipinski definition) is 8. The number of rotatable bonds is 10. The average molecular weight is 440 g/mol. The van der Waals surface area contributed by atoms with Gasteiger partial charge in [-0.15, -0.1) is 0 Å². The van der Waals surface area contributed by atoms with Crippen LogP contribution in [0.25, 0.3) is 0 Å². The van der Waals surface area contributed by atoms with Crippen LogP contribution in [0.4, 0.5) is 4.79 Å². The van der Waals surface area contributed by atoms with Crippen molar-refractivity contribution in [3.05, 3.63) is 35.0 Å². The number of carbonyl (C=O) groups is 3. The fourth-order valence-corrected chi connectivity index (χ4v) is 2.42. The van der Waals surface area contributed by atoms with Crippen LogP contribution in [0, 0.1) is 4.91 Å². The topological polar surface area (TPSA) is 136 Å². The summed E-state index contributed by atoms with van der Waals surface area (Å²) in [6.45, 7) is 5.11. The standard InChI is InChI=1S/C19H26N4O8/c1-18(2,3)31-16(25)19(7-8-19)21-17(26)29-13-22-10-5-6-14(12-22)15(24)20-9-11-30-23(27)28-4/h5-6,10,12H,7-9,11,13H2,1-4H3/p+2. The molecule has 0 saturated heterocycles. The van der Waals surface area contributed by atoms with Gasteiger partial charge in [-0.1, -0.05) is 0 Å². The lowest BCUT2D eigenvalue weighted by molar-refractivity contribution is -0.976. The summed E-state index contributed by atoms with van der Waals surface area (Å²) in [5.41, 5.74) is -1.38. The molecule has 1 aromatic heterocycles. The van der Waals surface area contributed by atoms with Gasteiger partial charge in [0.2, 0.25) is 0 Å². The number of aromatic nitrogens is 1. The second kappa shape index (κ2) is 10.0. The smallest absolute Gasteiger partial charge is 0.458 e. The van der Waals surface area contributed by atoms with Gasteiger partial charge in [0.1, 0.15) is 21.6 Å². The number of amides is 2. The highest BCUT2D eigenvalue weighted by molar-refractivity contribution is 5.93. The lowest BCUT2D eigenvalue weighted by Crippen LogP contribution is -2.48. The Balaban J connectivity index is 1.81. The summed E-state index contributed by atoms with van der Waals surface area (Å²) in [4.78, 5) is 56.1. The van der Waals surface area contributed by atoms with E-state index in [2.05, 4.69) is 20.3 Å². The second-order valence-electron chi connectivity index (χ2n) is 7.87. The van der Waals surface area contributed by atoms with Crippen LogP contribution < -0.4 is 15.2 Å². The number of pyridine rings is 1.